The minimum atomic E-state index is -0.0342. The molecule has 0 N–H and O–H groups in total. The van der Waals surface area contributed by atoms with E-state index in [-0.39, 0.29) is 5.91 Å². The highest BCUT2D eigenvalue weighted by Gasteiger charge is 2.31. The fraction of sp³-hybridized carbons (Fsp3) is 0.409. The van der Waals surface area contributed by atoms with E-state index in [0.29, 0.717) is 34.6 Å². The lowest BCUT2D eigenvalue weighted by atomic mass is 10.1. The van der Waals surface area contributed by atoms with Crippen molar-refractivity contribution in [3.05, 3.63) is 50.1 Å². The summed E-state index contributed by atoms with van der Waals surface area (Å²) in [4.78, 5) is 29.3. The number of benzene rings is 1. The average molecular weight is 461 g/mol. The van der Waals surface area contributed by atoms with Crippen LogP contribution in [-0.4, -0.2) is 47.0 Å². The van der Waals surface area contributed by atoms with Crippen LogP contribution >= 0.6 is 34.5 Å². The maximum Gasteiger partial charge on any atom is 0.254 e. The van der Waals surface area contributed by atoms with E-state index in [2.05, 4.69) is 18.7 Å². The molecule has 0 spiro atoms. The zero-order valence-corrected chi connectivity index (χ0v) is 19.2. The number of aromatic nitrogens is 2. The Hall–Kier alpha value is -1.89. The summed E-state index contributed by atoms with van der Waals surface area (Å²) in [6.07, 6.45) is 2.36. The highest BCUT2D eigenvalue weighted by atomic mass is 35.5. The largest absolute Gasteiger partial charge is 0.352 e. The molecule has 5 rings (SSSR count). The van der Waals surface area contributed by atoms with E-state index < -0.39 is 0 Å². The normalized spacial score (nSPS) is 17.1. The van der Waals surface area contributed by atoms with Crippen LogP contribution in [0.5, 0.6) is 0 Å². The Bertz CT molecular complexity index is 1130. The summed E-state index contributed by atoms with van der Waals surface area (Å²) in [5, 5.41) is 2.12. The van der Waals surface area contributed by atoms with Crippen LogP contribution in [0.3, 0.4) is 0 Å². The molecule has 2 aliphatic rings. The number of carbonyl (C=O) groups excluding carboxylic acids is 1. The topological polar surface area (TPSA) is 49.3 Å². The van der Waals surface area contributed by atoms with E-state index in [1.807, 2.05) is 4.90 Å². The maximum absolute atomic E-state index is 12.9. The summed E-state index contributed by atoms with van der Waals surface area (Å²) in [5.41, 5.74) is 1.80. The van der Waals surface area contributed by atoms with Gasteiger partial charge in [0.25, 0.3) is 5.91 Å². The lowest BCUT2D eigenvalue weighted by Gasteiger charge is -2.36. The van der Waals surface area contributed by atoms with Gasteiger partial charge in [0.15, 0.2) is 0 Å². The number of carbonyl (C=O) groups is 1. The van der Waals surface area contributed by atoms with E-state index in [0.717, 1.165) is 29.6 Å². The van der Waals surface area contributed by atoms with Crippen LogP contribution in [0, 0.1) is 13.8 Å². The van der Waals surface area contributed by atoms with Crippen molar-refractivity contribution >= 4 is 56.5 Å². The van der Waals surface area contributed by atoms with E-state index in [9.17, 15) is 4.79 Å². The first kappa shape index (κ1) is 20.0. The van der Waals surface area contributed by atoms with Gasteiger partial charge >= 0.3 is 0 Å². The standard InChI is InChI=1S/C22H22Cl2N4OS/c1-12-13(2)30-21-18(12)20(25-19(26-21)14-3-4-14)27-5-7-28(8-6-27)22(29)15-9-16(23)11-17(24)10-15/h9-11,14H,3-8H2,1-2H3. The zero-order chi connectivity index (χ0) is 21.0. The summed E-state index contributed by atoms with van der Waals surface area (Å²) < 4.78 is 0. The number of anilines is 1. The van der Waals surface area contributed by atoms with Crippen molar-refractivity contribution < 1.29 is 4.79 Å². The number of amides is 1. The number of halogens is 2. The van der Waals surface area contributed by atoms with Gasteiger partial charge in [0.1, 0.15) is 16.5 Å². The first-order valence-electron chi connectivity index (χ1n) is 10.2. The van der Waals surface area contributed by atoms with Crippen LogP contribution in [-0.2, 0) is 0 Å². The fourth-order valence-electron chi connectivity index (χ4n) is 3.98. The summed E-state index contributed by atoms with van der Waals surface area (Å²) in [7, 11) is 0. The first-order chi connectivity index (χ1) is 14.4. The fourth-order valence-corrected chi connectivity index (χ4v) is 5.54. The molecule has 8 heteroatoms. The third-order valence-corrected chi connectivity index (χ3v) is 7.48. The van der Waals surface area contributed by atoms with Gasteiger partial charge in [-0.3, -0.25) is 4.79 Å². The number of piperazine rings is 1. The van der Waals surface area contributed by atoms with Crippen molar-refractivity contribution in [3.8, 4) is 0 Å². The molecular formula is C22H22Cl2N4OS. The number of nitrogens with zero attached hydrogens (tertiary/aromatic N) is 4. The molecule has 0 radical (unpaired) electrons. The number of hydrogen-bond donors (Lipinski definition) is 0. The first-order valence-corrected chi connectivity index (χ1v) is 11.8. The summed E-state index contributed by atoms with van der Waals surface area (Å²) in [6, 6.07) is 4.99. The quantitative estimate of drug-likeness (QED) is 0.520. The Labute approximate surface area is 189 Å². The Balaban J connectivity index is 1.40. The number of rotatable bonds is 3. The summed E-state index contributed by atoms with van der Waals surface area (Å²) in [5.74, 6) is 2.48. The number of aryl methyl sites for hydroxylation is 2. The number of fused-ring (bicyclic) bond motifs is 1. The van der Waals surface area contributed by atoms with Crippen molar-refractivity contribution in [1.82, 2.24) is 14.9 Å². The molecule has 1 saturated carbocycles. The van der Waals surface area contributed by atoms with E-state index in [1.54, 1.807) is 29.5 Å². The Kier molecular flexibility index (Phi) is 5.12. The SMILES string of the molecule is Cc1sc2nc(C3CC3)nc(N3CCN(C(=O)c4cc(Cl)cc(Cl)c4)CC3)c2c1C. The second kappa shape index (κ2) is 7.66. The van der Waals surface area contributed by atoms with Gasteiger partial charge in [-0.05, 0) is 50.5 Å². The predicted octanol–water partition coefficient (Wildman–Crippen LogP) is 5.45. The second-order valence-corrected chi connectivity index (χ2v) is 10.2. The highest BCUT2D eigenvalue weighted by molar-refractivity contribution is 7.18. The molecule has 5 nitrogen and oxygen atoms in total. The molecule has 1 aliphatic heterocycles. The Morgan fingerprint density at radius 1 is 1.03 bits per heavy atom. The molecule has 0 bridgehead atoms. The molecule has 1 amide bonds. The van der Waals surface area contributed by atoms with Gasteiger partial charge in [0.05, 0.1) is 5.39 Å². The highest BCUT2D eigenvalue weighted by Crippen LogP contribution is 2.42. The number of hydrogen-bond acceptors (Lipinski definition) is 5. The van der Waals surface area contributed by atoms with Gasteiger partial charge < -0.3 is 9.80 Å². The van der Waals surface area contributed by atoms with Gasteiger partial charge in [0, 0.05) is 52.6 Å². The molecule has 2 aromatic heterocycles. The third kappa shape index (κ3) is 3.66. The van der Waals surface area contributed by atoms with Crippen molar-refractivity contribution in [2.45, 2.75) is 32.6 Å². The van der Waals surface area contributed by atoms with E-state index >= 15 is 0 Å². The van der Waals surface area contributed by atoms with Crippen LogP contribution in [0.4, 0.5) is 5.82 Å². The monoisotopic (exact) mass is 460 g/mol. The Morgan fingerprint density at radius 3 is 2.33 bits per heavy atom. The molecule has 1 aromatic carbocycles. The maximum atomic E-state index is 12.9. The summed E-state index contributed by atoms with van der Waals surface area (Å²) >= 11 is 13.9. The molecule has 1 aliphatic carbocycles. The van der Waals surface area contributed by atoms with Crippen molar-refractivity contribution in [1.29, 1.82) is 0 Å². The van der Waals surface area contributed by atoms with Crippen LogP contribution in [0.1, 0.15) is 45.4 Å². The second-order valence-electron chi connectivity index (χ2n) is 8.08. The molecule has 1 saturated heterocycles. The van der Waals surface area contributed by atoms with Gasteiger partial charge in [0.2, 0.25) is 0 Å². The van der Waals surface area contributed by atoms with Crippen molar-refractivity contribution in [2.75, 3.05) is 31.1 Å². The van der Waals surface area contributed by atoms with Crippen LogP contribution in [0.15, 0.2) is 18.2 Å². The van der Waals surface area contributed by atoms with E-state index in [4.69, 9.17) is 33.2 Å². The van der Waals surface area contributed by atoms with Gasteiger partial charge in [-0.15, -0.1) is 11.3 Å². The molecule has 2 fully saturated rings. The lowest BCUT2D eigenvalue weighted by molar-refractivity contribution is 0.0746. The number of thiophene rings is 1. The molecule has 3 aromatic rings. The molecular weight excluding hydrogens is 439 g/mol. The van der Waals surface area contributed by atoms with Gasteiger partial charge in [-0.2, -0.15) is 0 Å². The average Bonchev–Trinajstić information content (AvgIpc) is 3.53. The minimum Gasteiger partial charge on any atom is -0.352 e. The Morgan fingerprint density at radius 2 is 1.70 bits per heavy atom. The van der Waals surface area contributed by atoms with Crippen LogP contribution < -0.4 is 4.90 Å². The summed E-state index contributed by atoms with van der Waals surface area (Å²) in [6.45, 7) is 7.05. The van der Waals surface area contributed by atoms with Crippen molar-refractivity contribution in [3.63, 3.8) is 0 Å². The van der Waals surface area contributed by atoms with E-state index in [1.165, 1.54) is 28.7 Å². The molecule has 156 valence electrons. The molecule has 0 atom stereocenters. The van der Waals surface area contributed by atoms with Crippen LogP contribution in [0.25, 0.3) is 10.2 Å². The molecule has 0 unspecified atom stereocenters. The molecule has 3 heterocycles. The molecule has 30 heavy (non-hydrogen) atoms. The minimum absolute atomic E-state index is 0.0342. The van der Waals surface area contributed by atoms with Gasteiger partial charge in [-0.25, -0.2) is 9.97 Å². The van der Waals surface area contributed by atoms with Crippen LogP contribution in [0.2, 0.25) is 10.0 Å². The third-order valence-electron chi connectivity index (χ3n) is 5.95. The lowest BCUT2D eigenvalue weighted by Crippen LogP contribution is -2.49. The van der Waals surface area contributed by atoms with Crippen molar-refractivity contribution in [2.24, 2.45) is 0 Å². The smallest absolute Gasteiger partial charge is 0.254 e. The van der Waals surface area contributed by atoms with Gasteiger partial charge in [-0.1, -0.05) is 23.2 Å². The predicted molar refractivity (Wildman–Crippen MR) is 123 cm³/mol. The zero-order valence-electron chi connectivity index (χ0n) is 16.9.